The summed E-state index contributed by atoms with van der Waals surface area (Å²) in [4.78, 5) is 18.6. The SMILES string of the molecule is CN(CCN1CCCC1)C(=O)CN1CCNCC1. The lowest BCUT2D eigenvalue weighted by atomic mass is 10.3. The first-order valence-corrected chi connectivity index (χ1v) is 7.15. The number of nitrogens with one attached hydrogen (secondary N) is 1. The zero-order valence-corrected chi connectivity index (χ0v) is 11.5. The highest BCUT2D eigenvalue weighted by atomic mass is 16.2. The molecular weight excluding hydrogens is 228 g/mol. The molecule has 104 valence electrons. The van der Waals surface area contributed by atoms with Crippen molar-refractivity contribution in [2.24, 2.45) is 0 Å². The molecule has 0 bridgehead atoms. The summed E-state index contributed by atoms with van der Waals surface area (Å²) >= 11 is 0. The van der Waals surface area contributed by atoms with Crippen molar-refractivity contribution in [3.63, 3.8) is 0 Å². The number of piperazine rings is 1. The molecule has 0 radical (unpaired) electrons. The van der Waals surface area contributed by atoms with Crippen LogP contribution in [0.2, 0.25) is 0 Å². The van der Waals surface area contributed by atoms with Crippen molar-refractivity contribution < 1.29 is 4.79 Å². The van der Waals surface area contributed by atoms with Crippen molar-refractivity contribution in [3.05, 3.63) is 0 Å². The fraction of sp³-hybridized carbons (Fsp3) is 0.923. The second-order valence-corrected chi connectivity index (χ2v) is 5.39. The first-order chi connectivity index (χ1) is 8.75. The first-order valence-electron chi connectivity index (χ1n) is 7.15. The van der Waals surface area contributed by atoms with E-state index in [0.29, 0.717) is 6.54 Å². The van der Waals surface area contributed by atoms with E-state index in [9.17, 15) is 4.79 Å². The highest BCUT2D eigenvalue weighted by Gasteiger charge is 2.17. The standard InChI is InChI=1S/C13H26N4O/c1-15(10-11-16-6-2-3-7-16)13(18)12-17-8-4-14-5-9-17/h14H,2-12H2,1H3. The van der Waals surface area contributed by atoms with Crippen molar-refractivity contribution in [2.45, 2.75) is 12.8 Å². The molecule has 0 aromatic rings. The minimum atomic E-state index is 0.260. The molecule has 0 aliphatic carbocycles. The van der Waals surface area contributed by atoms with Crippen molar-refractivity contribution in [2.75, 3.05) is 66.0 Å². The van der Waals surface area contributed by atoms with Gasteiger partial charge >= 0.3 is 0 Å². The van der Waals surface area contributed by atoms with Crippen LogP contribution in [0.4, 0.5) is 0 Å². The van der Waals surface area contributed by atoms with Gasteiger partial charge in [-0.3, -0.25) is 9.69 Å². The Bertz CT molecular complexity index is 260. The average Bonchev–Trinajstić information content (AvgIpc) is 2.90. The van der Waals surface area contributed by atoms with Crippen molar-refractivity contribution in [1.29, 1.82) is 0 Å². The number of carbonyl (C=O) groups excluding carboxylic acids is 1. The third-order valence-electron chi connectivity index (χ3n) is 3.94. The van der Waals surface area contributed by atoms with Crippen LogP contribution in [0.3, 0.4) is 0 Å². The topological polar surface area (TPSA) is 38.8 Å². The lowest BCUT2D eigenvalue weighted by molar-refractivity contribution is -0.131. The van der Waals surface area contributed by atoms with E-state index in [4.69, 9.17) is 0 Å². The molecule has 0 aromatic heterocycles. The van der Waals surface area contributed by atoms with E-state index in [2.05, 4.69) is 15.1 Å². The minimum absolute atomic E-state index is 0.260. The van der Waals surface area contributed by atoms with Gasteiger partial charge in [-0.05, 0) is 25.9 Å². The lowest BCUT2D eigenvalue weighted by Crippen LogP contribution is -2.48. The molecule has 2 saturated heterocycles. The zero-order chi connectivity index (χ0) is 12.8. The Kier molecular flexibility index (Phi) is 5.41. The molecule has 5 nitrogen and oxygen atoms in total. The number of rotatable bonds is 5. The number of amides is 1. The zero-order valence-electron chi connectivity index (χ0n) is 11.5. The third-order valence-corrected chi connectivity index (χ3v) is 3.94. The van der Waals surface area contributed by atoms with Gasteiger partial charge in [-0.1, -0.05) is 0 Å². The molecule has 2 fully saturated rings. The molecule has 0 atom stereocenters. The summed E-state index contributed by atoms with van der Waals surface area (Å²) in [6.07, 6.45) is 2.64. The fourth-order valence-electron chi connectivity index (χ4n) is 2.60. The van der Waals surface area contributed by atoms with Gasteiger partial charge in [0, 0.05) is 46.3 Å². The predicted molar refractivity (Wildman–Crippen MR) is 72.6 cm³/mol. The average molecular weight is 254 g/mol. The van der Waals surface area contributed by atoms with Crippen LogP contribution in [-0.4, -0.2) is 86.6 Å². The molecule has 2 heterocycles. The van der Waals surface area contributed by atoms with Crippen LogP contribution < -0.4 is 5.32 Å². The maximum absolute atomic E-state index is 12.1. The molecule has 2 rings (SSSR count). The van der Waals surface area contributed by atoms with Gasteiger partial charge in [0.05, 0.1) is 6.54 Å². The number of carbonyl (C=O) groups is 1. The van der Waals surface area contributed by atoms with Crippen LogP contribution in [0.15, 0.2) is 0 Å². The van der Waals surface area contributed by atoms with Crippen LogP contribution in [0, 0.1) is 0 Å². The first kappa shape index (κ1) is 13.8. The van der Waals surface area contributed by atoms with Crippen LogP contribution in [0.5, 0.6) is 0 Å². The van der Waals surface area contributed by atoms with Crippen molar-refractivity contribution in [3.8, 4) is 0 Å². The summed E-state index contributed by atoms with van der Waals surface area (Å²) in [6, 6.07) is 0. The number of likely N-dealkylation sites (N-methyl/N-ethyl adjacent to an activating group) is 1. The van der Waals surface area contributed by atoms with Gasteiger partial charge in [0.25, 0.3) is 0 Å². The van der Waals surface area contributed by atoms with Gasteiger partial charge in [0.15, 0.2) is 0 Å². The summed E-state index contributed by atoms with van der Waals surface area (Å²) in [5.41, 5.74) is 0. The molecule has 18 heavy (non-hydrogen) atoms. The van der Waals surface area contributed by atoms with Crippen LogP contribution in [0.25, 0.3) is 0 Å². The predicted octanol–water partition coefficient (Wildman–Crippen LogP) is -0.554. The summed E-state index contributed by atoms with van der Waals surface area (Å²) in [5, 5.41) is 3.31. The Labute approximate surface area is 110 Å². The number of nitrogens with zero attached hydrogens (tertiary/aromatic N) is 3. The van der Waals surface area contributed by atoms with Crippen LogP contribution in [-0.2, 0) is 4.79 Å². The molecule has 2 aliphatic heterocycles. The van der Waals surface area contributed by atoms with Crippen molar-refractivity contribution >= 4 is 5.91 Å². The normalized spacial score (nSPS) is 22.3. The Morgan fingerprint density at radius 3 is 2.44 bits per heavy atom. The fourth-order valence-corrected chi connectivity index (χ4v) is 2.60. The molecule has 0 saturated carbocycles. The summed E-state index contributed by atoms with van der Waals surface area (Å²) in [7, 11) is 1.93. The smallest absolute Gasteiger partial charge is 0.236 e. The summed E-state index contributed by atoms with van der Waals surface area (Å²) in [6.45, 7) is 8.89. The van der Waals surface area contributed by atoms with Gasteiger partial charge < -0.3 is 15.1 Å². The summed E-state index contributed by atoms with van der Waals surface area (Å²) < 4.78 is 0. The van der Waals surface area contributed by atoms with Crippen molar-refractivity contribution in [1.82, 2.24) is 20.0 Å². The molecule has 0 aromatic carbocycles. The van der Waals surface area contributed by atoms with E-state index in [1.54, 1.807) is 0 Å². The van der Waals surface area contributed by atoms with Gasteiger partial charge in [0.1, 0.15) is 0 Å². The van der Waals surface area contributed by atoms with Crippen LogP contribution >= 0.6 is 0 Å². The maximum atomic E-state index is 12.1. The molecule has 0 unspecified atom stereocenters. The highest BCUT2D eigenvalue weighted by molar-refractivity contribution is 5.78. The lowest BCUT2D eigenvalue weighted by Gasteiger charge is -2.29. The maximum Gasteiger partial charge on any atom is 0.236 e. The quantitative estimate of drug-likeness (QED) is 0.714. The molecule has 5 heteroatoms. The van der Waals surface area contributed by atoms with E-state index in [1.165, 1.54) is 25.9 Å². The largest absolute Gasteiger partial charge is 0.343 e. The van der Waals surface area contributed by atoms with Gasteiger partial charge in [0.2, 0.25) is 5.91 Å². The summed E-state index contributed by atoms with van der Waals surface area (Å²) in [5.74, 6) is 0.260. The Morgan fingerprint density at radius 2 is 1.78 bits per heavy atom. The van der Waals surface area contributed by atoms with E-state index >= 15 is 0 Å². The van der Waals surface area contributed by atoms with Gasteiger partial charge in [-0.15, -0.1) is 0 Å². The van der Waals surface area contributed by atoms with Gasteiger partial charge in [-0.25, -0.2) is 0 Å². The molecule has 1 amide bonds. The molecule has 1 N–H and O–H groups in total. The van der Waals surface area contributed by atoms with E-state index < -0.39 is 0 Å². The Morgan fingerprint density at radius 1 is 1.11 bits per heavy atom. The second kappa shape index (κ2) is 7.07. The van der Waals surface area contributed by atoms with E-state index in [0.717, 1.165) is 39.3 Å². The number of hydrogen-bond donors (Lipinski definition) is 1. The highest BCUT2D eigenvalue weighted by Crippen LogP contribution is 2.06. The van der Waals surface area contributed by atoms with Crippen LogP contribution in [0.1, 0.15) is 12.8 Å². The monoisotopic (exact) mass is 254 g/mol. The minimum Gasteiger partial charge on any atom is -0.343 e. The molecule has 2 aliphatic rings. The number of hydrogen-bond acceptors (Lipinski definition) is 4. The van der Waals surface area contributed by atoms with E-state index in [1.807, 2.05) is 11.9 Å². The van der Waals surface area contributed by atoms with Gasteiger partial charge in [-0.2, -0.15) is 0 Å². The Balaban J connectivity index is 1.63. The second-order valence-electron chi connectivity index (χ2n) is 5.39. The Hall–Kier alpha value is -0.650. The number of likely N-dealkylation sites (tertiary alicyclic amines) is 1. The molecular formula is C13H26N4O. The molecule has 0 spiro atoms. The van der Waals surface area contributed by atoms with E-state index in [-0.39, 0.29) is 5.91 Å². The third kappa shape index (κ3) is 4.23.